The Balaban J connectivity index is 2.16. The summed E-state index contributed by atoms with van der Waals surface area (Å²) in [5.74, 6) is 0.836. The maximum Gasteiger partial charge on any atom is 0.123 e. The van der Waals surface area contributed by atoms with Gasteiger partial charge in [0.2, 0.25) is 0 Å². The molecule has 0 fully saturated rings. The number of hydrogen-bond acceptors (Lipinski definition) is 2. The molecular formula is C16H16BrCl2NO. The van der Waals surface area contributed by atoms with Gasteiger partial charge in [0, 0.05) is 20.1 Å². The quantitative estimate of drug-likeness (QED) is 0.735. The summed E-state index contributed by atoms with van der Waals surface area (Å²) in [6, 6.07) is 11.4. The largest absolute Gasteiger partial charge is 0.489 e. The summed E-state index contributed by atoms with van der Waals surface area (Å²) in [5, 5.41) is 1.23. The highest BCUT2D eigenvalue weighted by Gasteiger charge is 2.09. The van der Waals surface area contributed by atoms with Gasteiger partial charge >= 0.3 is 0 Å². The molecule has 0 aliphatic rings. The molecule has 0 saturated heterocycles. The van der Waals surface area contributed by atoms with Crippen molar-refractivity contribution in [2.75, 3.05) is 6.54 Å². The van der Waals surface area contributed by atoms with E-state index in [2.05, 4.69) is 22.0 Å². The van der Waals surface area contributed by atoms with E-state index in [1.807, 2.05) is 30.3 Å². The molecule has 0 amide bonds. The first-order chi connectivity index (χ1) is 10.1. The smallest absolute Gasteiger partial charge is 0.123 e. The fourth-order valence-corrected chi connectivity index (χ4v) is 2.91. The lowest BCUT2D eigenvalue weighted by molar-refractivity contribution is 0.303. The molecule has 5 heteroatoms. The van der Waals surface area contributed by atoms with Gasteiger partial charge in [-0.25, -0.2) is 0 Å². The highest BCUT2D eigenvalue weighted by molar-refractivity contribution is 9.10. The van der Waals surface area contributed by atoms with Crippen molar-refractivity contribution in [1.29, 1.82) is 0 Å². The van der Waals surface area contributed by atoms with Gasteiger partial charge in [0.05, 0.1) is 0 Å². The summed E-state index contributed by atoms with van der Waals surface area (Å²) in [6.45, 7) is 0.998. The van der Waals surface area contributed by atoms with Gasteiger partial charge in [-0.15, -0.1) is 0 Å². The predicted octanol–water partition coefficient (Wildman–Crippen LogP) is 5.23. The Bertz CT molecular complexity index is 599. The van der Waals surface area contributed by atoms with Crippen molar-refractivity contribution in [1.82, 2.24) is 0 Å². The number of halogens is 3. The molecule has 112 valence electrons. The van der Waals surface area contributed by atoms with Crippen molar-refractivity contribution in [3.05, 3.63) is 62.0 Å². The fraction of sp³-hybridized carbons (Fsp3) is 0.250. The van der Waals surface area contributed by atoms with Crippen LogP contribution >= 0.6 is 39.1 Å². The van der Waals surface area contributed by atoms with E-state index >= 15 is 0 Å². The minimum atomic E-state index is 0.343. The van der Waals surface area contributed by atoms with E-state index in [-0.39, 0.29) is 0 Å². The molecule has 0 bridgehead atoms. The SMILES string of the molecule is NCCCc1cc(Br)ccc1OCc1c(Cl)cccc1Cl. The molecule has 2 rings (SSSR count). The Labute approximate surface area is 143 Å². The van der Waals surface area contributed by atoms with E-state index < -0.39 is 0 Å². The summed E-state index contributed by atoms with van der Waals surface area (Å²) < 4.78 is 6.93. The van der Waals surface area contributed by atoms with Gasteiger partial charge in [0.25, 0.3) is 0 Å². The van der Waals surface area contributed by atoms with Gasteiger partial charge in [-0.05, 0) is 55.3 Å². The second-order valence-electron chi connectivity index (χ2n) is 4.63. The molecule has 0 aliphatic carbocycles. The van der Waals surface area contributed by atoms with Crippen LogP contribution in [0.1, 0.15) is 17.5 Å². The normalized spacial score (nSPS) is 10.7. The molecule has 0 aromatic heterocycles. The Morgan fingerprint density at radius 1 is 1.10 bits per heavy atom. The number of nitrogens with two attached hydrogens (primary N) is 1. The summed E-state index contributed by atoms with van der Waals surface area (Å²) >= 11 is 15.8. The lowest BCUT2D eigenvalue weighted by Crippen LogP contribution is -2.03. The van der Waals surface area contributed by atoms with Gasteiger partial charge in [0.1, 0.15) is 12.4 Å². The van der Waals surface area contributed by atoms with Crippen molar-refractivity contribution in [2.24, 2.45) is 5.73 Å². The third-order valence-corrected chi connectivity index (χ3v) is 4.31. The van der Waals surface area contributed by atoms with Crippen LogP contribution in [-0.4, -0.2) is 6.54 Å². The molecule has 0 heterocycles. The van der Waals surface area contributed by atoms with E-state index in [1.54, 1.807) is 0 Å². The number of ether oxygens (including phenoxy) is 1. The molecule has 2 aromatic rings. The third kappa shape index (κ3) is 4.62. The zero-order valence-electron chi connectivity index (χ0n) is 11.4. The van der Waals surface area contributed by atoms with Crippen LogP contribution in [0.3, 0.4) is 0 Å². The standard InChI is InChI=1S/C16H16BrCl2NO/c17-12-6-7-16(11(9-12)3-2-8-20)21-10-13-14(18)4-1-5-15(13)19/h1,4-7,9H,2-3,8,10,20H2. The molecule has 21 heavy (non-hydrogen) atoms. The first kappa shape index (κ1) is 16.6. The zero-order chi connectivity index (χ0) is 15.2. The highest BCUT2D eigenvalue weighted by atomic mass is 79.9. The van der Waals surface area contributed by atoms with Crippen LogP contribution in [0.5, 0.6) is 5.75 Å². The first-order valence-electron chi connectivity index (χ1n) is 6.66. The van der Waals surface area contributed by atoms with Crippen LogP contribution in [0, 0.1) is 0 Å². The molecule has 0 unspecified atom stereocenters. The number of rotatable bonds is 6. The highest BCUT2D eigenvalue weighted by Crippen LogP contribution is 2.29. The predicted molar refractivity (Wildman–Crippen MR) is 92.3 cm³/mol. The number of benzene rings is 2. The first-order valence-corrected chi connectivity index (χ1v) is 8.21. The summed E-state index contributed by atoms with van der Waals surface area (Å²) in [4.78, 5) is 0. The lowest BCUT2D eigenvalue weighted by Gasteiger charge is -2.13. The van der Waals surface area contributed by atoms with Gasteiger partial charge in [-0.1, -0.05) is 45.2 Å². The summed E-state index contributed by atoms with van der Waals surface area (Å²) in [5.41, 5.74) is 7.50. The average molecular weight is 389 g/mol. The van der Waals surface area contributed by atoms with Gasteiger partial charge in [-0.2, -0.15) is 0 Å². The van der Waals surface area contributed by atoms with E-state index in [1.165, 1.54) is 0 Å². The Kier molecular flexibility index (Phi) is 6.37. The average Bonchev–Trinajstić information content (AvgIpc) is 2.46. The molecule has 2 aromatic carbocycles. The Hall–Kier alpha value is -0.740. The maximum atomic E-state index is 6.16. The Morgan fingerprint density at radius 3 is 2.48 bits per heavy atom. The third-order valence-electron chi connectivity index (χ3n) is 3.11. The monoisotopic (exact) mass is 387 g/mol. The molecule has 0 atom stereocenters. The topological polar surface area (TPSA) is 35.2 Å². The van der Waals surface area contributed by atoms with Crippen LogP contribution in [0.2, 0.25) is 10.0 Å². The van der Waals surface area contributed by atoms with Crippen molar-refractivity contribution in [3.8, 4) is 5.75 Å². The zero-order valence-corrected chi connectivity index (χ0v) is 14.5. The van der Waals surface area contributed by atoms with Gasteiger partial charge in [0.15, 0.2) is 0 Å². The second-order valence-corrected chi connectivity index (χ2v) is 6.36. The number of hydrogen-bond donors (Lipinski definition) is 1. The van der Waals surface area contributed by atoms with E-state index in [9.17, 15) is 0 Å². The maximum absolute atomic E-state index is 6.16. The van der Waals surface area contributed by atoms with Crippen molar-refractivity contribution in [2.45, 2.75) is 19.4 Å². The van der Waals surface area contributed by atoms with E-state index in [0.717, 1.165) is 34.2 Å². The molecule has 0 spiro atoms. The fourth-order valence-electron chi connectivity index (χ4n) is 2.00. The molecule has 0 aliphatic heterocycles. The molecule has 0 saturated carbocycles. The Morgan fingerprint density at radius 2 is 1.81 bits per heavy atom. The van der Waals surface area contributed by atoms with Gasteiger partial charge < -0.3 is 10.5 Å². The summed E-state index contributed by atoms with van der Waals surface area (Å²) in [6.07, 6.45) is 1.79. The van der Waals surface area contributed by atoms with E-state index in [0.29, 0.717) is 23.2 Å². The van der Waals surface area contributed by atoms with Crippen LogP contribution in [-0.2, 0) is 13.0 Å². The molecule has 2 N–H and O–H groups in total. The minimum Gasteiger partial charge on any atom is -0.489 e. The van der Waals surface area contributed by atoms with Gasteiger partial charge in [-0.3, -0.25) is 0 Å². The molecular weight excluding hydrogens is 373 g/mol. The molecule has 2 nitrogen and oxygen atoms in total. The minimum absolute atomic E-state index is 0.343. The summed E-state index contributed by atoms with van der Waals surface area (Å²) in [7, 11) is 0. The van der Waals surface area contributed by atoms with Crippen LogP contribution in [0.4, 0.5) is 0 Å². The van der Waals surface area contributed by atoms with Crippen molar-refractivity contribution < 1.29 is 4.74 Å². The number of aryl methyl sites for hydroxylation is 1. The van der Waals surface area contributed by atoms with E-state index in [4.69, 9.17) is 33.7 Å². The lowest BCUT2D eigenvalue weighted by atomic mass is 10.1. The van der Waals surface area contributed by atoms with Crippen molar-refractivity contribution in [3.63, 3.8) is 0 Å². The van der Waals surface area contributed by atoms with Crippen LogP contribution in [0.25, 0.3) is 0 Å². The van der Waals surface area contributed by atoms with Crippen LogP contribution in [0.15, 0.2) is 40.9 Å². The second kappa shape index (κ2) is 8.04. The van der Waals surface area contributed by atoms with Crippen molar-refractivity contribution >= 4 is 39.1 Å². The van der Waals surface area contributed by atoms with Crippen LogP contribution < -0.4 is 10.5 Å². The molecule has 0 radical (unpaired) electrons.